The van der Waals surface area contributed by atoms with Crippen molar-refractivity contribution in [3.8, 4) is 5.69 Å². The van der Waals surface area contributed by atoms with Crippen molar-refractivity contribution < 1.29 is 13.2 Å². The second-order valence-corrected chi connectivity index (χ2v) is 8.85. The molecule has 3 aromatic rings. The molecular weight excluding hydrogens is 435 g/mol. The van der Waals surface area contributed by atoms with Gasteiger partial charge in [-0.2, -0.15) is 5.10 Å². The number of nitrogens with one attached hydrogen (secondary N) is 2. The first kappa shape index (κ1) is 21.3. The summed E-state index contributed by atoms with van der Waals surface area (Å²) in [7, 11) is -3.62. The van der Waals surface area contributed by atoms with E-state index in [1.165, 1.54) is 29.2 Å². The van der Waals surface area contributed by atoms with Crippen LogP contribution in [0.2, 0.25) is 10.0 Å². The Morgan fingerprint density at radius 1 is 1.10 bits per heavy atom. The molecule has 0 atom stereocenters. The Balaban J connectivity index is 1.55. The molecule has 10 heteroatoms. The summed E-state index contributed by atoms with van der Waals surface area (Å²) in [5.74, 6) is -0.379. The minimum absolute atomic E-state index is 0.0547. The van der Waals surface area contributed by atoms with Gasteiger partial charge in [0.1, 0.15) is 0 Å². The number of nitrogens with zero attached hydrogens (tertiary/aromatic N) is 2. The Hall–Kier alpha value is -2.39. The molecule has 0 saturated heterocycles. The van der Waals surface area contributed by atoms with Gasteiger partial charge in [-0.25, -0.2) is 17.8 Å². The zero-order valence-electron chi connectivity index (χ0n) is 15.4. The number of benzene rings is 2. The highest BCUT2D eigenvalue weighted by Gasteiger charge is 2.14. The van der Waals surface area contributed by atoms with E-state index in [0.29, 0.717) is 21.3 Å². The minimum Gasteiger partial charge on any atom is -0.351 e. The number of hydrogen-bond donors (Lipinski definition) is 2. The van der Waals surface area contributed by atoms with E-state index in [1.807, 2.05) is 6.92 Å². The molecule has 152 valence electrons. The molecule has 0 aliphatic heterocycles. The Morgan fingerprint density at radius 2 is 1.83 bits per heavy atom. The third-order valence-electron chi connectivity index (χ3n) is 4.04. The molecule has 0 spiro atoms. The molecule has 0 unspecified atom stereocenters. The highest BCUT2D eigenvalue weighted by Crippen LogP contribution is 2.24. The molecule has 0 aliphatic rings. The molecule has 1 amide bonds. The number of aromatic nitrogens is 2. The minimum atomic E-state index is -3.62. The zero-order chi connectivity index (χ0) is 21.0. The average molecular weight is 453 g/mol. The third kappa shape index (κ3) is 5.36. The summed E-state index contributed by atoms with van der Waals surface area (Å²) in [6, 6.07) is 11.5. The van der Waals surface area contributed by atoms with Crippen LogP contribution in [0, 0.1) is 6.92 Å². The van der Waals surface area contributed by atoms with Crippen LogP contribution in [0.4, 0.5) is 0 Å². The molecular formula is C19H18Cl2N4O3S. The van der Waals surface area contributed by atoms with Crippen molar-refractivity contribution in [2.75, 3.05) is 13.1 Å². The average Bonchev–Trinajstić information content (AvgIpc) is 3.15. The van der Waals surface area contributed by atoms with Crippen LogP contribution in [-0.2, 0) is 10.0 Å². The molecule has 7 nitrogen and oxygen atoms in total. The molecule has 29 heavy (non-hydrogen) atoms. The van der Waals surface area contributed by atoms with Crippen LogP contribution in [0.25, 0.3) is 5.69 Å². The summed E-state index contributed by atoms with van der Waals surface area (Å²) < 4.78 is 28.3. The first-order valence-electron chi connectivity index (χ1n) is 8.61. The summed E-state index contributed by atoms with van der Waals surface area (Å²) in [5.41, 5.74) is 1.87. The van der Waals surface area contributed by atoms with Gasteiger partial charge in [-0.15, -0.1) is 0 Å². The monoisotopic (exact) mass is 452 g/mol. The molecule has 3 rings (SSSR count). The second-order valence-electron chi connectivity index (χ2n) is 6.24. The third-order valence-corrected chi connectivity index (χ3v) is 6.05. The molecule has 0 aliphatic carbocycles. The van der Waals surface area contributed by atoms with Gasteiger partial charge in [0.2, 0.25) is 10.0 Å². The smallest absolute Gasteiger partial charge is 0.254 e. The van der Waals surface area contributed by atoms with Crippen molar-refractivity contribution in [3.05, 3.63) is 76.0 Å². The van der Waals surface area contributed by atoms with Crippen molar-refractivity contribution in [1.29, 1.82) is 0 Å². The number of amides is 1. The molecule has 2 N–H and O–H groups in total. The van der Waals surface area contributed by atoms with E-state index in [4.69, 9.17) is 23.2 Å². The van der Waals surface area contributed by atoms with Gasteiger partial charge in [0.05, 0.1) is 27.4 Å². The Morgan fingerprint density at radius 3 is 2.52 bits per heavy atom. The van der Waals surface area contributed by atoms with Crippen LogP contribution in [0.3, 0.4) is 0 Å². The first-order valence-corrected chi connectivity index (χ1v) is 10.8. The molecule has 2 aromatic carbocycles. The Labute approximate surface area is 178 Å². The topological polar surface area (TPSA) is 93.1 Å². The van der Waals surface area contributed by atoms with Gasteiger partial charge in [0.25, 0.3) is 5.91 Å². The molecule has 0 fully saturated rings. The van der Waals surface area contributed by atoms with E-state index in [1.54, 1.807) is 30.3 Å². The first-order chi connectivity index (χ1) is 13.8. The van der Waals surface area contributed by atoms with Gasteiger partial charge in [-0.1, -0.05) is 40.9 Å². The number of carbonyl (C=O) groups excluding carboxylic acids is 1. The van der Waals surface area contributed by atoms with Crippen molar-refractivity contribution in [2.45, 2.75) is 11.8 Å². The summed E-state index contributed by atoms with van der Waals surface area (Å²) in [6.07, 6.45) is 2.93. The van der Waals surface area contributed by atoms with Crippen LogP contribution in [0.15, 0.2) is 59.8 Å². The standard InChI is InChI=1S/C19H18Cl2N4O3S/c1-13-2-5-16(6-3-13)29(27,28)24-9-8-22-19(26)14-11-23-25(12-14)18-7-4-15(20)10-17(18)21/h2-7,10-12,24H,8-9H2,1H3,(H,22,26). The number of carbonyl (C=O) groups is 1. The summed E-state index contributed by atoms with van der Waals surface area (Å²) >= 11 is 12.0. The fraction of sp³-hybridized carbons (Fsp3) is 0.158. The van der Waals surface area contributed by atoms with Crippen molar-refractivity contribution in [3.63, 3.8) is 0 Å². The van der Waals surface area contributed by atoms with E-state index < -0.39 is 10.0 Å². The Kier molecular flexibility index (Phi) is 6.59. The van der Waals surface area contributed by atoms with E-state index in [0.717, 1.165) is 5.56 Å². The van der Waals surface area contributed by atoms with Gasteiger partial charge < -0.3 is 5.32 Å². The van der Waals surface area contributed by atoms with E-state index >= 15 is 0 Å². The van der Waals surface area contributed by atoms with E-state index in [9.17, 15) is 13.2 Å². The van der Waals surface area contributed by atoms with Gasteiger partial charge in [0.15, 0.2) is 0 Å². The summed E-state index contributed by atoms with van der Waals surface area (Å²) in [5, 5.41) is 7.67. The molecule has 0 bridgehead atoms. The molecule has 0 radical (unpaired) electrons. The highest BCUT2D eigenvalue weighted by atomic mass is 35.5. The highest BCUT2D eigenvalue weighted by molar-refractivity contribution is 7.89. The number of sulfonamides is 1. The predicted molar refractivity (Wildman–Crippen MR) is 112 cm³/mol. The fourth-order valence-corrected chi connectivity index (χ4v) is 4.03. The lowest BCUT2D eigenvalue weighted by molar-refractivity contribution is 0.0954. The van der Waals surface area contributed by atoms with E-state index in [2.05, 4.69) is 15.1 Å². The molecule has 1 aromatic heterocycles. The number of halogens is 2. The maximum atomic E-state index is 12.3. The fourth-order valence-electron chi connectivity index (χ4n) is 2.50. The second kappa shape index (κ2) is 8.96. The number of aryl methyl sites for hydroxylation is 1. The quantitative estimate of drug-likeness (QED) is 0.538. The number of hydrogen-bond acceptors (Lipinski definition) is 4. The predicted octanol–water partition coefficient (Wildman–Crippen LogP) is 3.20. The van der Waals surface area contributed by atoms with Gasteiger partial charge in [-0.05, 0) is 37.3 Å². The van der Waals surface area contributed by atoms with E-state index in [-0.39, 0.29) is 23.9 Å². The largest absolute Gasteiger partial charge is 0.351 e. The molecule has 0 saturated carbocycles. The molecule has 1 heterocycles. The van der Waals surface area contributed by atoms with Gasteiger partial charge in [0, 0.05) is 24.3 Å². The maximum absolute atomic E-state index is 12.3. The lowest BCUT2D eigenvalue weighted by Gasteiger charge is -2.08. The lowest BCUT2D eigenvalue weighted by Crippen LogP contribution is -2.34. The SMILES string of the molecule is Cc1ccc(S(=O)(=O)NCCNC(=O)c2cnn(-c3ccc(Cl)cc3Cl)c2)cc1. The summed E-state index contributed by atoms with van der Waals surface area (Å²) in [4.78, 5) is 12.4. The summed E-state index contributed by atoms with van der Waals surface area (Å²) in [6.45, 7) is 2.05. The maximum Gasteiger partial charge on any atom is 0.254 e. The Bertz CT molecular complexity index is 1130. The lowest BCUT2D eigenvalue weighted by atomic mass is 10.2. The van der Waals surface area contributed by atoms with Crippen LogP contribution in [-0.4, -0.2) is 37.2 Å². The number of rotatable bonds is 7. The van der Waals surface area contributed by atoms with Crippen LogP contribution in [0.5, 0.6) is 0 Å². The van der Waals surface area contributed by atoms with Crippen LogP contribution < -0.4 is 10.0 Å². The van der Waals surface area contributed by atoms with Crippen LogP contribution in [0.1, 0.15) is 15.9 Å². The van der Waals surface area contributed by atoms with Crippen molar-refractivity contribution in [2.24, 2.45) is 0 Å². The van der Waals surface area contributed by atoms with Crippen molar-refractivity contribution in [1.82, 2.24) is 19.8 Å². The van der Waals surface area contributed by atoms with Gasteiger partial charge >= 0.3 is 0 Å². The zero-order valence-corrected chi connectivity index (χ0v) is 17.7. The van der Waals surface area contributed by atoms with Gasteiger partial charge in [-0.3, -0.25) is 4.79 Å². The van der Waals surface area contributed by atoms with Crippen LogP contribution >= 0.6 is 23.2 Å². The van der Waals surface area contributed by atoms with Crippen molar-refractivity contribution >= 4 is 39.1 Å². The normalized spacial score (nSPS) is 11.4.